The minimum atomic E-state index is -0.0776. The third-order valence-corrected chi connectivity index (χ3v) is 12.5. The van der Waals surface area contributed by atoms with Gasteiger partial charge in [-0.05, 0) is 81.2 Å². The maximum absolute atomic E-state index is 5.34. The summed E-state index contributed by atoms with van der Waals surface area (Å²) in [6.45, 7) is 25.5. The van der Waals surface area contributed by atoms with E-state index in [2.05, 4.69) is 175 Å². The SMILES string of the molecule is C=CC(=C\C(=C/Cc1ccccc1)c1ccccc1)/C(N=C(C)c1ccccc1)=N/C(=C)n1c2ccccc2c2c3c(ccc21)C(C)(C)C(C)(C)C3(C)C. The molecule has 0 radical (unpaired) electrons. The van der Waals surface area contributed by atoms with Crippen LogP contribution in [-0.4, -0.2) is 16.1 Å². The lowest BCUT2D eigenvalue weighted by Gasteiger charge is -2.44. The Morgan fingerprint density at radius 3 is 1.91 bits per heavy atom. The van der Waals surface area contributed by atoms with Gasteiger partial charge in [0.1, 0.15) is 5.82 Å². The van der Waals surface area contributed by atoms with E-state index in [1.165, 1.54) is 27.5 Å². The van der Waals surface area contributed by atoms with Gasteiger partial charge in [-0.25, -0.2) is 9.98 Å². The third kappa shape index (κ3) is 6.22. The maximum atomic E-state index is 5.34. The summed E-state index contributed by atoms with van der Waals surface area (Å²) in [5.74, 6) is 1.14. The number of aromatic nitrogens is 1. The fourth-order valence-corrected chi connectivity index (χ4v) is 8.28. The lowest BCUT2D eigenvalue weighted by molar-refractivity contribution is 0.125. The van der Waals surface area contributed by atoms with Crippen LogP contribution in [0, 0.1) is 5.41 Å². The molecule has 7 rings (SSSR count). The molecule has 1 aromatic heterocycles. The van der Waals surface area contributed by atoms with Crippen molar-refractivity contribution in [3.05, 3.63) is 192 Å². The van der Waals surface area contributed by atoms with Crippen LogP contribution in [0.4, 0.5) is 0 Å². The molecule has 5 aromatic carbocycles. The summed E-state index contributed by atoms with van der Waals surface area (Å²) in [6.07, 6.45) is 7.07. The number of benzene rings is 5. The van der Waals surface area contributed by atoms with Crippen LogP contribution in [0.2, 0.25) is 0 Å². The molecule has 54 heavy (non-hydrogen) atoms. The molecule has 0 N–H and O–H groups in total. The molecule has 0 unspecified atom stereocenters. The first-order valence-corrected chi connectivity index (χ1v) is 19.0. The number of amidine groups is 1. The van der Waals surface area contributed by atoms with E-state index in [4.69, 9.17) is 9.98 Å². The van der Waals surface area contributed by atoms with Crippen LogP contribution in [-0.2, 0) is 17.3 Å². The number of aliphatic imine (C=N–C) groups is 2. The van der Waals surface area contributed by atoms with E-state index in [1.54, 1.807) is 0 Å². The lowest BCUT2D eigenvalue weighted by Crippen LogP contribution is -2.42. The highest BCUT2D eigenvalue weighted by Gasteiger charge is 2.57. The van der Waals surface area contributed by atoms with Gasteiger partial charge in [-0.15, -0.1) is 0 Å². The van der Waals surface area contributed by atoms with Crippen molar-refractivity contribution < 1.29 is 0 Å². The molecule has 0 saturated heterocycles. The first-order valence-electron chi connectivity index (χ1n) is 19.0. The summed E-state index contributed by atoms with van der Waals surface area (Å²) in [5, 5.41) is 2.49. The van der Waals surface area contributed by atoms with E-state index in [1.807, 2.05) is 37.3 Å². The zero-order valence-corrected chi connectivity index (χ0v) is 32.8. The number of allylic oxidation sites excluding steroid dienone is 3. The number of hydrogen-bond donors (Lipinski definition) is 0. The standard InChI is InChI=1S/C51H51N3/c1-10-38(34-41(40-26-18-13-19-27-40)31-30-37-22-14-11-15-23-37)48(52-35(2)39-24-16-12-17-25-39)53-36(3)54-44-29-21-20-28-42(44)46-45(54)33-32-43-47(46)50(6,7)51(8,9)49(43,4)5/h10-29,31-34H,1,3,30H2,2,4-9H3/b38-34+,41-31+,52-35?,53-48-. The Morgan fingerprint density at radius 1 is 0.667 bits per heavy atom. The summed E-state index contributed by atoms with van der Waals surface area (Å²) in [5.41, 5.74) is 11.1. The maximum Gasteiger partial charge on any atom is 0.161 e. The van der Waals surface area contributed by atoms with E-state index < -0.39 is 0 Å². The minimum Gasteiger partial charge on any atom is -0.294 e. The molecule has 0 aliphatic heterocycles. The first kappa shape index (κ1) is 36.6. The molecule has 1 aliphatic rings. The third-order valence-electron chi connectivity index (χ3n) is 12.5. The summed E-state index contributed by atoms with van der Waals surface area (Å²) in [6, 6.07) is 44.6. The van der Waals surface area contributed by atoms with Crippen LogP contribution in [0.15, 0.2) is 174 Å². The molecule has 0 saturated carbocycles. The predicted molar refractivity (Wildman–Crippen MR) is 234 cm³/mol. The quantitative estimate of drug-likeness (QED) is 0.0814. The van der Waals surface area contributed by atoms with Crippen molar-refractivity contribution in [3.8, 4) is 0 Å². The Labute approximate surface area is 321 Å². The smallest absolute Gasteiger partial charge is 0.161 e. The van der Waals surface area contributed by atoms with Crippen LogP contribution < -0.4 is 0 Å². The Balaban J connectivity index is 1.44. The number of nitrogens with zero attached hydrogens (tertiary/aromatic N) is 3. The zero-order valence-electron chi connectivity index (χ0n) is 32.8. The van der Waals surface area contributed by atoms with Crippen LogP contribution in [0.3, 0.4) is 0 Å². The van der Waals surface area contributed by atoms with Gasteiger partial charge in [-0.2, -0.15) is 0 Å². The number of rotatable bonds is 9. The number of hydrogen-bond acceptors (Lipinski definition) is 1. The van der Waals surface area contributed by atoms with Gasteiger partial charge in [0.05, 0.1) is 11.0 Å². The average molecular weight is 706 g/mol. The summed E-state index contributed by atoms with van der Waals surface area (Å²) in [4.78, 5) is 10.6. The number of para-hydroxylation sites is 1. The van der Waals surface area contributed by atoms with Gasteiger partial charge in [0.15, 0.2) is 5.84 Å². The topological polar surface area (TPSA) is 29.6 Å². The van der Waals surface area contributed by atoms with Gasteiger partial charge in [0.2, 0.25) is 0 Å². The van der Waals surface area contributed by atoms with Crippen molar-refractivity contribution in [2.75, 3.05) is 0 Å². The predicted octanol–water partition coefficient (Wildman–Crippen LogP) is 13.2. The molecule has 0 spiro atoms. The largest absolute Gasteiger partial charge is 0.294 e. The van der Waals surface area contributed by atoms with Gasteiger partial charge in [0.25, 0.3) is 0 Å². The zero-order chi connectivity index (χ0) is 38.3. The van der Waals surface area contributed by atoms with Crippen molar-refractivity contribution in [2.45, 2.75) is 65.7 Å². The molecule has 1 heterocycles. The molecule has 0 amide bonds. The number of fused-ring (bicyclic) bond motifs is 5. The van der Waals surface area contributed by atoms with Gasteiger partial charge in [0, 0.05) is 22.1 Å². The highest BCUT2D eigenvalue weighted by molar-refractivity contribution is 6.16. The van der Waals surface area contributed by atoms with Crippen LogP contribution in [0.1, 0.15) is 76.3 Å². The first-order chi connectivity index (χ1) is 25.9. The van der Waals surface area contributed by atoms with Gasteiger partial charge in [-0.3, -0.25) is 4.57 Å². The molecular weight excluding hydrogens is 655 g/mol. The Bertz CT molecular complexity index is 2500. The molecule has 0 bridgehead atoms. The summed E-state index contributed by atoms with van der Waals surface area (Å²) >= 11 is 0. The second-order valence-corrected chi connectivity index (χ2v) is 16.0. The Morgan fingerprint density at radius 2 is 1.26 bits per heavy atom. The van der Waals surface area contributed by atoms with E-state index >= 15 is 0 Å². The Hall–Kier alpha value is -5.80. The molecule has 0 fully saturated rings. The van der Waals surface area contributed by atoms with E-state index in [0.717, 1.165) is 45.4 Å². The lowest BCUT2D eigenvalue weighted by atomic mass is 9.59. The van der Waals surface area contributed by atoms with E-state index in [0.29, 0.717) is 11.7 Å². The fourth-order valence-electron chi connectivity index (χ4n) is 8.28. The van der Waals surface area contributed by atoms with Gasteiger partial charge < -0.3 is 0 Å². The molecule has 0 atom stereocenters. The molecule has 3 heteroatoms. The van der Waals surface area contributed by atoms with Gasteiger partial charge in [-0.1, -0.05) is 182 Å². The summed E-state index contributed by atoms with van der Waals surface area (Å²) < 4.78 is 2.22. The molecule has 270 valence electrons. The molecule has 6 aromatic rings. The fraction of sp³-hybridized carbons (Fsp3) is 0.216. The van der Waals surface area contributed by atoms with Gasteiger partial charge >= 0.3 is 0 Å². The molecule has 3 nitrogen and oxygen atoms in total. The second-order valence-electron chi connectivity index (χ2n) is 16.0. The van der Waals surface area contributed by atoms with Crippen molar-refractivity contribution in [1.82, 2.24) is 4.57 Å². The second kappa shape index (κ2) is 14.2. The minimum absolute atomic E-state index is 0.0105. The monoisotopic (exact) mass is 705 g/mol. The van der Waals surface area contributed by atoms with Crippen molar-refractivity contribution in [2.24, 2.45) is 15.4 Å². The van der Waals surface area contributed by atoms with Crippen molar-refractivity contribution in [3.63, 3.8) is 0 Å². The highest BCUT2D eigenvalue weighted by Crippen LogP contribution is 2.63. The van der Waals surface area contributed by atoms with Crippen LogP contribution in [0.5, 0.6) is 0 Å². The summed E-state index contributed by atoms with van der Waals surface area (Å²) in [7, 11) is 0. The average Bonchev–Trinajstić information content (AvgIpc) is 3.57. The normalized spacial score (nSPS) is 16.8. The molecular formula is C51H51N3. The van der Waals surface area contributed by atoms with Crippen molar-refractivity contribution in [1.29, 1.82) is 0 Å². The van der Waals surface area contributed by atoms with Crippen LogP contribution >= 0.6 is 0 Å². The highest BCUT2D eigenvalue weighted by atomic mass is 15.1. The Kier molecular flexibility index (Phi) is 9.62. The van der Waals surface area contributed by atoms with Crippen molar-refractivity contribution >= 4 is 44.7 Å². The molecule has 1 aliphatic carbocycles. The van der Waals surface area contributed by atoms with Crippen LogP contribution in [0.25, 0.3) is 33.2 Å². The van der Waals surface area contributed by atoms with E-state index in [9.17, 15) is 0 Å². The van der Waals surface area contributed by atoms with E-state index in [-0.39, 0.29) is 16.2 Å².